The highest BCUT2D eigenvalue weighted by atomic mass is 32.2. The maximum atomic E-state index is 13.7. The number of likely N-dealkylation sites (N-methyl/N-ethyl adjacent to an activating group) is 1. The zero-order chi connectivity index (χ0) is 27.0. The van der Waals surface area contributed by atoms with Gasteiger partial charge >= 0.3 is 0 Å². The molecular weight excluding hydrogens is 516 g/mol. The molecule has 0 radical (unpaired) electrons. The van der Waals surface area contributed by atoms with Crippen molar-refractivity contribution in [3.05, 3.63) is 42.4 Å². The van der Waals surface area contributed by atoms with Gasteiger partial charge in [-0.3, -0.25) is 0 Å². The second kappa shape index (κ2) is 10.9. The topological polar surface area (TPSA) is 122 Å². The van der Waals surface area contributed by atoms with E-state index in [9.17, 15) is 21.9 Å². The van der Waals surface area contributed by atoms with Crippen LogP contribution in [0.15, 0.2) is 46.7 Å². The van der Waals surface area contributed by atoms with Gasteiger partial charge in [0.05, 0.1) is 19.5 Å². The van der Waals surface area contributed by atoms with E-state index >= 15 is 0 Å². The summed E-state index contributed by atoms with van der Waals surface area (Å²) in [7, 11) is -4.69. The van der Waals surface area contributed by atoms with E-state index in [-0.39, 0.29) is 41.3 Å². The highest BCUT2D eigenvalue weighted by molar-refractivity contribution is 7.89. The van der Waals surface area contributed by atoms with Crippen molar-refractivity contribution >= 4 is 25.6 Å². The van der Waals surface area contributed by atoms with Gasteiger partial charge in [0.15, 0.2) is 5.03 Å². The molecule has 2 aliphatic rings. The summed E-state index contributed by atoms with van der Waals surface area (Å²) in [6, 6.07) is 4.46. The lowest BCUT2D eigenvalue weighted by atomic mass is 9.93. The highest BCUT2D eigenvalue weighted by Crippen LogP contribution is 2.37. The van der Waals surface area contributed by atoms with E-state index < -0.39 is 32.2 Å². The van der Waals surface area contributed by atoms with Crippen LogP contribution in [-0.2, 0) is 27.1 Å². The van der Waals surface area contributed by atoms with Crippen LogP contribution in [0.4, 0.5) is 0 Å². The number of aromatic nitrogens is 2. The van der Waals surface area contributed by atoms with Crippen LogP contribution < -0.4 is 4.74 Å². The number of imidazole rings is 1. The number of hydrogen-bond acceptors (Lipinski definition) is 7. The lowest BCUT2D eigenvalue weighted by Crippen LogP contribution is -2.50. The van der Waals surface area contributed by atoms with Crippen LogP contribution in [0.1, 0.15) is 45.1 Å². The van der Waals surface area contributed by atoms with E-state index in [0.29, 0.717) is 0 Å². The second-order valence-corrected chi connectivity index (χ2v) is 13.9. The van der Waals surface area contributed by atoms with E-state index in [2.05, 4.69) is 11.1 Å². The summed E-state index contributed by atoms with van der Waals surface area (Å²) < 4.78 is 64.1. The Kier molecular flexibility index (Phi) is 8.15. The summed E-state index contributed by atoms with van der Waals surface area (Å²) in [5.41, 5.74) is 2.05. The second-order valence-electron chi connectivity index (χ2n) is 10.0. The molecule has 10 nitrogen and oxygen atoms in total. The summed E-state index contributed by atoms with van der Waals surface area (Å²) in [5, 5.41) is 9.77. The number of aliphatic hydroxyl groups is 1. The van der Waals surface area contributed by atoms with E-state index in [0.717, 1.165) is 36.8 Å². The van der Waals surface area contributed by atoms with Gasteiger partial charge in [-0.1, -0.05) is 19.1 Å². The maximum Gasteiger partial charge on any atom is 0.261 e. The minimum absolute atomic E-state index is 0.00612. The fourth-order valence-electron chi connectivity index (χ4n) is 4.78. The summed E-state index contributed by atoms with van der Waals surface area (Å²) in [6.07, 6.45) is 8.46. The van der Waals surface area contributed by atoms with Crippen LogP contribution in [0, 0.1) is 5.92 Å². The molecule has 1 aromatic heterocycles. The minimum Gasteiger partial charge on any atom is -0.487 e. The fraction of sp³-hybridized carbons (Fsp3) is 0.560. The summed E-state index contributed by atoms with van der Waals surface area (Å²) >= 11 is 0. The Morgan fingerprint density at radius 3 is 2.68 bits per heavy atom. The Morgan fingerprint density at radius 2 is 2.05 bits per heavy atom. The molecule has 1 N–H and O–H groups in total. The number of fused-ring (bicyclic) bond motifs is 1. The molecule has 1 aliphatic carbocycles. The first-order valence-corrected chi connectivity index (χ1v) is 15.4. The van der Waals surface area contributed by atoms with Crippen molar-refractivity contribution in [1.29, 1.82) is 0 Å². The van der Waals surface area contributed by atoms with Gasteiger partial charge < -0.3 is 14.4 Å². The number of allylic oxidation sites excluding steroid dienone is 2. The molecular formula is C25H36N4O6S2. The number of hydrogen-bond donors (Lipinski definition) is 1. The highest BCUT2D eigenvalue weighted by Gasteiger charge is 2.39. The summed E-state index contributed by atoms with van der Waals surface area (Å²) in [4.78, 5) is 4.00. The zero-order valence-electron chi connectivity index (χ0n) is 21.7. The van der Waals surface area contributed by atoms with E-state index in [1.54, 1.807) is 36.7 Å². The van der Waals surface area contributed by atoms with Crippen molar-refractivity contribution in [2.75, 3.05) is 26.7 Å². The summed E-state index contributed by atoms with van der Waals surface area (Å²) in [5.74, 6) is -0.185. The molecule has 4 rings (SSSR count). The van der Waals surface area contributed by atoms with E-state index in [4.69, 9.17) is 4.74 Å². The van der Waals surface area contributed by atoms with E-state index in [1.165, 1.54) is 28.2 Å². The van der Waals surface area contributed by atoms with Gasteiger partial charge in [-0.2, -0.15) is 8.61 Å². The van der Waals surface area contributed by atoms with Crippen molar-refractivity contribution in [1.82, 2.24) is 18.2 Å². The number of ether oxygens (including phenoxy) is 1. The molecule has 0 saturated carbocycles. The first-order valence-electron chi connectivity index (χ1n) is 12.5. The molecule has 2 heterocycles. The SMILES string of the molecule is C[C@H](CO)N1C[C@H](C)[C@H](CN(C)S(=O)(=O)c2cn(C)cn2)Oc2cc(C3=CCCCC3)ccc2S1(=O)=O. The number of rotatable bonds is 7. The van der Waals surface area contributed by atoms with Crippen molar-refractivity contribution in [2.45, 2.75) is 61.6 Å². The predicted octanol–water partition coefficient (Wildman–Crippen LogP) is 2.47. The molecule has 2 aromatic rings. The molecule has 3 atom stereocenters. The molecule has 0 bridgehead atoms. The van der Waals surface area contributed by atoms with Gasteiger partial charge in [-0.15, -0.1) is 0 Å². The molecule has 12 heteroatoms. The number of nitrogens with zero attached hydrogens (tertiary/aromatic N) is 4. The molecule has 37 heavy (non-hydrogen) atoms. The lowest BCUT2D eigenvalue weighted by Gasteiger charge is -2.37. The first kappa shape index (κ1) is 27.8. The third-order valence-corrected chi connectivity index (χ3v) is 10.9. The molecule has 0 fully saturated rings. The predicted molar refractivity (Wildman–Crippen MR) is 140 cm³/mol. The smallest absolute Gasteiger partial charge is 0.261 e. The number of aliphatic hydroxyl groups excluding tert-OH is 1. The Hall–Kier alpha value is -2.25. The molecule has 1 aromatic carbocycles. The molecule has 0 amide bonds. The van der Waals surface area contributed by atoms with Crippen LogP contribution in [0.2, 0.25) is 0 Å². The standard InChI is InChI=1S/C25H36N4O6S2/c1-18-13-29(19(2)16-30)36(31,32)24-11-10-21(20-8-6-5-7-9-20)12-22(24)35-23(18)14-28(4)37(33,34)25-15-27(3)17-26-25/h8,10-12,15,17-19,23,30H,5-7,9,13-14,16H2,1-4H3/t18-,19+,23-/m0/s1. The minimum atomic E-state index is -3.97. The third kappa shape index (κ3) is 5.63. The van der Waals surface area contributed by atoms with Crippen LogP contribution in [0.5, 0.6) is 5.75 Å². The van der Waals surface area contributed by atoms with Gasteiger partial charge in [-0.05, 0) is 55.9 Å². The molecule has 1 aliphatic heterocycles. The maximum absolute atomic E-state index is 13.7. The number of sulfonamides is 2. The fourth-order valence-corrected chi connectivity index (χ4v) is 7.74. The van der Waals surface area contributed by atoms with Crippen LogP contribution in [0.25, 0.3) is 5.57 Å². The average Bonchev–Trinajstić information content (AvgIpc) is 3.33. The molecule has 0 unspecified atom stereocenters. The first-order chi connectivity index (χ1) is 17.4. The average molecular weight is 553 g/mol. The quantitative estimate of drug-likeness (QED) is 0.560. The summed E-state index contributed by atoms with van der Waals surface area (Å²) in [6.45, 7) is 3.20. The normalized spacial score (nSPS) is 23.5. The third-order valence-electron chi connectivity index (χ3n) is 7.12. The van der Waals surface area contributed by atoms with Gasteiger partial charge in [0.2, 0.25) is 10.0 Å². The monoisotopic (exact) mass is 552 g/mol. The molecule has 0 spiro atoms. The Bertz CT molecular complexity index is 1370. The number of aryl methyl sites for hydroxylation is 1. The molecule has 0 saturated heterocycles. The van der Waals surface area contributed by atoms with Crippen molar-refractivity contribution in [3.63, 3.8) is 0 Å². The zero-order valence-corrected chi connectivity index (χ0v) is 23.4. The Balaban J connectivity index is 1.75. The van der Waals surface area contributed by atoms with Crippen LogP contribution in [-0.4, -0.2) is 79.0 Å². The van der Waals surface area contributed by atoms with Crippen molar-refractivity contribution in [2.24, 2.45) is 13.0 Å². The van der Waals surface area contributed by atoms with Gasteiger partial charge in [0.25, 0.3) is 10.0 Å². The van der Waals surface area contributed by atoms with Gasteiger partial charge in [-0.25, -0.2) is 21.8 Å². The van der Waals surface area contributed by atoms with Crippen LogP contribution in [0.3, 0.4) is 0 Å². The van der Waals surface area contributed by atoms with E-state index in [1.807, 2.05) is 6.92 Å². The molecule has 204 valence electrons. The van der Waals surface area contributed by atoms with Gasteiger partial charge in [0.1, 0.15) is 16.7 Å². The van der Waals surface area contributed by atoms with Crippen molar-refractivity contribution in [3.8, 4) is 5.75 Å². The van der Waals surface area contributed by atoms with Gasteiger partial charge in [0, 0.05) is 38.8 Å². The Morgan fingerprint density at radius 1 is 1.30 bits per heavy atom. The Labute approximate surface area is 219 Å². The largest absolute Gasteiger partial charge is 0.487 e. The van der Waals surface area contributed by atoms with Crippen molar-refractivity contribution < 1.29 is 26.7 Å². The number of benzene rings is 1. The van der Waals surface area contributed by atoms with Crippen LogP contribution >= 0.6 is 0 Å². The lowest BCUT2D eigenvalue weighted by molar-refractivity contribution is 0.0904.